The van der Waals surface area contributed by atoms with E-state index in [1.807, 2.05) is 0 Å². The van der Waals surface area contributed by atoms with E-state index in [4.69, 9.17) is 16.3 Å². The number of hydrogen-bond donors (Lipinski definition) is 1. The molecule has 1 N–H and O–H groups in total. The van der Waals surface area contributed by atoms with Crippen molar-refractivity contribution in [3.05, 3.63) is 63.9 Å². The van der Waals surface area contributed by atoms with Gasteiger partial charge in [0.1, 0.15) is 17.7 Å². The molecule has 2 saturated heterocycles. The standard InChI is InChI=1S/C23H19ClF5N3O3/c24-15-5-16(25)14(4-17(15)26)20(12-8-35-9-12)31-21(33)19-3-10-2-18(10)32(19)22(34)11-1-13(7-30-6-11)23(27,28)29/h1,4-7,10,12,18-20H,2-3,8-9H2,(H,31,33)/t10-,18-,19-,20-/m1/s1. The third-order valence-corrected chi connectivity index (χ3v) is 7.05. The number of nitrogens with zero attached hydrogens (tertiary/aromatic N) is 2. The van der Waals surface area contributed by atoms with Crippen LogP contribution in [-0.4, -0.2) is 47.0 Å². The number of aromatic nitrogens is 1. The Kier molecular flexibility index (Phi) is 5.95. The lowest BCUT2D eigenvalue weighted by atomic mass is 9.90. The van der Waals surface area contributed by atoms with Gasteiger partial charge in [-0.25, -0.2) is 8.78 Å². The third kappa shape index (κ3) is 4.47. The Labute approximate surface area is 201 Å². The molecule has 2 amide bonds. The Morgan fingerprint density at radius 3 is 2.51 bits per heavy atom. The molecule has 3 fully saturated rings. The normalized spacial score (nSPS) is 24.5. The summed E-state index contributed by atoms with van der Waals surface area (Å²) in [5.74, 6) is -3.27. The van der Waals surface area contributed by atoms with Crippen molar-refractivity contribution in [2.45, 2.75) is 37.1 Å². The first-order chi connectivity index (χ1) is 16.5. The van der Waals surface area contributed by atoms with Gasteiger partial charge >= 0.3 is 6.18 Å². The number of alkyl halides is 3. The summed E-state index contributed by atoms with van der Waals surface area (Å²) in [7, 11) is 0. The molecular formula is C23H19ClF5N3O3. The molecule has 0 unspecified atom stereocenters. The lowest BCUT2D eigenvalue weighted by molar-refractivity contribution is -0.138. The van der Waals surface area contributed by atoms with Gasteiger partial charge < -0.3 is 15.0 Å². The number of nitrogens with one attached hydrogen (secondary N) is 1. The van der Waals surface area contributed by atoms with Crippen molar-refractivity contribution in [2.24, 2.45) is 11.8 Å². The maximum atomic E-state index is 14.7. The van der Waals surface area contributed by atoms with Gasteiger partial charge in [0.25, 0.3) is 5.91 Å². The molecule has 4 atom stereocenters. The number of halogens is 6. The van der Waals surface area contributed by atoms with E-state index in [-0.39, 0.29) is 42.2 Å². The van der Waals surface area contributed by atoms with E-state index in [2.05, 4.69) is 10.3 Å². The summed E-state index contributed by atoms with van der Waals surface area (Å²) in [6.07, 6.45) is -2.07. The summed E-state index contributed by atoms with van der Waals surface area (Å²) >= 11 is 5.65. The molecule has 2 aromatic rings. The Morgan fingerprint density at radius 1 is 1.11 bits per heavy atom. The van der Waals surface area contributed by atoms with Crippen molar-refractivity contribution in [2.75, 3.05) is 13.2 Å². The quantitative estimate of drug-likeness (QED) is 0.480. The van der Waals surface area contributed by atoms with Crippen LogP contribution in [0.2, 0.25) is 5.02 Å². The van der Waals surface area contributed by atoms with E-state index >= 15 is 0 Å². The predicted octanol–water partition coefficient (Wildman–Crippen LogP) is 4.14. The molecule has 1 aromatic heterocycles. The highest BCUT2D eigenvalue weighted by atomic mass is 35.5. The SMILES string of the molecule is O=C(N[C@@H](c1cc(F)c(Cl)cc1F)C1COC1)[C@H]1C[C@H]2C[C@H]2N1C(=O)c1cncc(C(F)(F)F)c1. The summed E-state index contributed by atoms with van der Waals surface area (Å²) < 4.78 is 73.2. The van der Waals surface area contributed by atoms with Crippen LogP contribution in [0, 0.1) is 23.5 Å². The molecule has 5 rings (SSSR count). The lowest BCUT2D eigenvalue weighted by Gasteiger charge is -2.36. The number of rotatable bonds is 5. The summed E-state index contributed by atoms with van der Waals surface area (Å²) in [6, 6.07) is 0.274. The predicted molar refractivity (Wildman–Crippen MR) is 112 cm³/mol. The second kappa shape index (κ2) is 8.70. The zero-order valence-corrected chi connectivity index (χ0v) is 18.7. The zero-order valence-electron chi connectivity index (χ0n) is 18.0. The highest BCUT2D eigenvalue weighted by Gasteiger charge is 2.56. The van der Waals surface area contributed by atoms with Crippen LogP contribution in [0.1, 0.15) is 40.4 Å². The number of carbonyl (C=O) groups excluding carboxylic acids is 2. The van der Waals surface area contributed by atoms with Gasteiger partial charge in [0.05, 0.1) is 35.4 Å². The Hall–Kier alpha value is -2.79. The molecule has 1 saturated carbocycles. The molecular weight excluding hydrogens is 497 g/mol. The summed E-state index contributed by atoms with van der Waals surface area (Å²) in [4.78, 5) is 31.3. The maximum Gasteiger partial charge on any atom is 0.417 e. The minimum absolute atomic E-state index is 0.0451. The first-order valence-electron chi connectivity index (χ1n) is 10.9. The van der Waals surface area contributed by atoms with Gasteiger partial charge in [-0.2, -0.15) is 13.2 Å². The van der Waals surface area contributed by atoms with Crippen molar-refractivity contribution in [1.82, 2.24) is 15.2 Å². The number of carbonyl (C=O) groups is 2. The van der Waals surface area contributed by atoms with Crippen molar-refractivity contribution in [3.63, 3.8) is 0 Å². The van der Waals surface area contributed by atoms with Crippen molar-refractivity contribution < 1.29 is 36.3 Å². The lowest BCUT2D eigenvalue weighted by Crippen LogP contribution is -2.51. The maximum absolute atomic E-state index is 14.7. The van der Waals surface area contributed by atoms with Crippen LogP contribution >= 0.6 is 11.6 Å². The van der Waals surface area contributed by atoms with Crippen LogP contribution in [0.15, 0.2) is 30.6 Å². The van der Waals surface area contributed by atoms with Crippen molar-refractivity contribution >= 4 is 23.4 Å². The molecule has 0 radical (unpaired) electrons. The second-order valence-corrected chi connectivity index (χ2v) is 9.47. The minimum atomic E-state index is -4.68. The van der Waals surface area contributed by atoms with E-state index in [9.17, 15) is 31.5 Å². The largest absolute Gasteiger partial charge is 0.417 e. The molecule has 186 valence electrons. The number of pyridine rings is 1. The van der Waals surface area contributed by atoms with Gasteiger partial charge in [0, 0.05) is 29.9 Å². The van der Waals surface area contributed by atoms with Gasteiger partial charge in [0.2, 0.25) is 5.91 Å². The smallest absolute Gasteiger partial charge is 0.381 e. The van der Waals surface area contributed by atoms with Crippen LogP contribution in [0.4, 0.5) is 22.0 Å². The molecule has 6 nitrogen and oxygen atoms in total. The van der Waals surface area contributed by atoms with Gasteiger partial charge in [-0.3, -0.25) is 14.6 Å². The van der Waals surface area contributed by atoms with E-state index in [0.29, 0.717) is 25.1 Å². The molecule has 1 aliphatic carbocycles. The zero-order chi connectivity index (χ0) is 25.1. The number of piperidine rings is 1. The number of hydrogen-bond acceptors (Lipinski definition) is 4. The topological polar surface area (TPSA) is 71.5 Å². The van der Waals surface area contributed by atoms with E-state index in [1.165, 1.54) is 4.90 Å². The monoisotopic (exact) mass is 515 g/mol. The summed E-state index contributed by atoms with van der Waals surface area (Å²) in [5, 5.41) is 2.32. The van der Waals surface area contributed by atoms with E-state index < -0.39 is 52.3 Å². The first kappa shape index (κ1) is 23.9. The molecule has 35 heavy (non-hydrogen) atoms. The first-order valence-corrected chi connectivity index (χ1v) is 11.3. The third-order valence-electron chi connectivity index (χ3n) is 6.76. The van der Waals surface area contributed by atoms with Crippen LogP contribution in [0.3, 0.4) is 0 Å². The Balaban J connectivity index is 1.39. The highest BCUT2D eigenvalue weighted by Crippen LogP contribution is 2.49. The van der Waals surface area contributed by atoms with Crippen molar-refractivity contribution in [1.29, 1.82) is 0 Å². The van der Waals surface area contributed by atoms with Crippen LogP contribution in [0.25, 0.3) is 0 Å². The number of likely N-dealkylation sites (tertiary alicyclic amines) is 1. The summed E-state index contributed by atoms with van der Waals surface area (Å²) in [6.45, 7) is 0.423. The molecule has 12 heteroatoms. The molecule has 3 heterocycles. The average Bonchev–Trinajstić information content (AvgIpc) is 3.43. The fourth-order valence-corrected chi connectivity index (χ4v) is 4.92. The molecule has 0 bridgehead atoms. The van der Waals surface area contributed by atoms with Gasteiger partial charge in [-0.05, 0) is 37.0 Å². The van der Waals surface area contributed by atoms with Gasteiger partial charge in [0.15, 0.2) is 0 Å². The molecule has 0 spiro atoms. The second-order valence-electron chi connectivity index (χ2n) is 9.06. The van der Waals surface area contributed by atoms with Crippen LogP contribution < -0.4 is 5.32 Å². The number of fused-ring (bicyclic) bond motifs is 1. The number of amides is 2. The van der Waals surface area contributed by atoms with Crippen LogP contribution in [-0.2, 0) is 15.7 Å². The fourth-order valence-electron chi connectivity index (χ4n) is 4.77. The highest BCUT2D eigenvalue weighted by molar-refractivity contribution is 6.30. The molecule has 1 aromatic carbocycles. The van der Waals surface area contributed by atoms with Gasteiger partial charge in [-0.15, -0.1) is 0 Å². The fraction of sp³-hybridized carbons (Fsp3) is 0.435. The number of benzene rings is 1. The molecule has 2 aliphatic heterocycles. The summed E-state index contributed by atoms with van der Waals surface area (Å²) in [5.41, 5.74) is -1.45. The van der Waals surface area contributed by atoms with Crippen molar-refractivity contribution in [3.8, 4) is 0 Å². The van der Waals surface area contributed by atoms with Gasteiger partial charge in [-0.1, -0.05) is 11.6 Å². The molecule has 3 aliphatic rings. The Morgan fingerprint density at radius 2 is 1.86 bits per heavy atom. The van der Waals surface area contributed by atoms with E-state index in [1.54, 1.807) is 0 Å². The van der Waals surface area contributed by atoms with Crippen LogP contribution in [0.5, 0.6) is 0 Å². The average molecular weight is 516 g/mol. The number of ether oxygens (including phenoxy) is 1. The Bertz CT molecular complexity index is 1190. The van der Waals surface area contributed by atoms with E-state index in [0.717, 1.165) is 18.3 Å². The minimum Gasteiger partial charge on any atom is -0.381 e.